The maximum atomic E-state index is 8.45. The lowest BCUT2D eigenvalue weighted by atomic mass is 10.2. The maximum Gasteiger partial charge on any atom is 0.0783 e. The minimum absolute atomic E-state index is 0.193. The van der Waals surface area contributed by atoms with Crippen LogP contribution in [-0.2, 0) is 0 Å². The minimum Gasteiger partial charge on any atom is -0.516 e. The van der Waals surface area contributed by atoms with Gasteiger partial charge in [0.25, 0.3) is 0 Å². The van der Waals surface area contributed by atoms with E-state index in [9.17, 15) is 0 Å². The van der Waals surface area contributed by atoms with Gasteiger partial charge in [-0.1, -0.05) is 12.2 Å². The van der Waals surface area contributed by atoms with E-state index in [1.807, 2.05) is 19.1 Å². The van der Waals surface area contributed by atoms with Crippen LogP contribution in [0.2, 0.25) is 0 Å². The minimum atomic E-state index is 0.193. The lowest BCUT2D eigenvalue weighted by molar-refractivity contribution is 0.302. The molecule has 0 heterocycles. The molecule has 0 saturated carbocycles. The molecule has 2 nitrogen and oxygen atoms in total. The standard InChI is InChI=1S/C8H14O2/c1-8(7-10)5-3-2-4-6-9/h2-3,7,9-10H,4-6H2,1H3. The van der Waals surface area contributed by atoms with Gasteiger partial charge < -0.3 is 10.2 Å². The van der Waals surface area contributed by atoms with Gasteiger partial charge in [-0.15, -0.1) is 0 Å². The second-order valence-corrected chi connectivity index (χ2v) is 2.16. The van der Waals surface area contributed by atoms with E-state index in [0.717, 1.165) is 18.3 Å². The number of aliphatic hydroxyl groups excluding tert-OH is 2. The Balaban J connectivity index is 3.34. The molecule has 0 aromatic carbocycles. The molecule has 10 heavy (non-hydrogen) atoms. The zero-order valence-electron chi connectivity index (χ0n) is 6.25. The first kappa shape index (κ1) is 9.24. The molecule has 0 amide bonds. The Hall–Kier alpha value is -0.760. The highest BCUT2D eigenvalue weighted by Crippen LogP contribution is 1.98. The van der Waals surface area contributed by atoms with E-state index in [-0.39, 0.29) is 6.61 Å². The number of aliphatic hydroxyl groups is 2. The zero-order valence-corrected chi connectivity index (χ0v) is 6.25. The highest BCUT2D eigenvalue weighted by atomic mass is 16.3. The van der Waals surface area contributed by atoms with Crippen molar-refractivity contribution in [2.45, 2.75) is 19.8 Å². The summed E-state index contributed by atoms with van der Waals surface area (Å²) < 4.78 is 0. The quantitative estimate of drug-likeness (QED) is 0.464. The van der Waals surface area contributed by atoms with Gasteiger partial charge in [-0.3, -0.25) is 0 Å². The van der Waals surface area contributed by atoms with Crippen LogP contribution in [0.15, 0.2) is 24.0 Å². The van der Waals surface area contributed by atoms with E-state index in [2.05, 4.69) is 0 Å². The molecule has 0 saturated heterocycles. The first-order valence-electron chi connectivity index (χ1n) is 3.37. The highest BCUT2D eigenvalue weighted by molar-refractivity contribution is 5.00. The van der Waals surface area contributed by atoms with Gasteiger partial charge in [0.1, 0.15) is 0 Å². The Morgan fingerprint density at radius 1 is 1.40 bits per heavy atom. The van der Waals surface area contributed by atoms with Gasteiger partial charge in [0.2, 0.25) is 0 Å². The summed E-state index contributed by atoms with van der Waals surface area (Å²) in [6.07, 6.45) is 6.38. The van der Waals surface area contributed by atoms with Gasteiger partial charge in [-0.25, -0.2) is 0 Å². The molecular formula is C8H14O2. The van der Waals surface area contributed by atoms with Crippen molar-refractivity contribution >= 4 is 0 Å². The molecule has 0 atom stereocenters. The Kier molecular flexibility index (Phi) is 5.88. The van der Waals surface area contributed by atoms with Crippen LogP contribution in [0.3, 0.4) is 0 Å². The van der Waals surface area contributed by atoms with E-state index in [4.69, 9.17) is 10.2 Å². The maximum absolute atomic E-state index is 8.45. The van der Waals surface area contributed by atoms with Crippen LogP contribution in [-0.4, -0.2) is 16.8 Å². The molecule has 0 spiro atoms. The van der Waals surface area contributed by atoms with Gasteiger partial charge in [0.15, 0.2) is 0 Å². The van der Waals surface area contributed by atoms with Gasteiger partial charge >= 0.3 is 0 Å². The van der Waals surface area contributed by atoms with Crippen molar-refractivity contribution in [2.24, 2.45) is 0 Å². The fourth-order valence-electron chi connectivity index (χ4n) is 0.514. The van der Waals surface area contributed by atoms with Crippen LogP contribution >= 0.6 is 0 Å². The zero-order chi connectivity index (χ0) is 7.82. The summed E-state index contributed by atoms with van der Waals surface area (Å²) in [5.41, 5.74) is 0.925. The van der Waals surface area contributed by atoms with Crippen LogP contribution in [0, 0.1) is 0 Å². The second kappa shape index (κ2) is 6.36. The largest absolute Gasteiger partial charge is 0.516 e. The van der Waals surface area contributed by atoms with Crippen molar-refractivity contribution in [1.82, 2.24) is 0 Å². The third-order valence-electron chi connectivity index (χ3n) is 1.12. The van der Waals surface area contributed by atoms with E-state index in [0.29, 0.717) is 6.42 Å². The molecule has 0 aromatic heterocycles. The summed E-state index contributed by atoms with van der Waals surface area (Å²) in [5, 5.41) is 16.8. The number of hydrogen-bond donors (Lipinski definition) is 2. The molecule has 58 valence electrons. The van der Waals surface area contributed by atoms with E-state index in [1.165, 1.54) is 0 Å². The highest BCUT2D eigenvalue weighted by Gasteiger charge is 1.81. The summed E-state index contributed by atoms with van der Waals surface area (Å²) >= 11 is 0. The summed E-state index contributed by atoms with van der Waals surface area (Å²) in [5.74, 6) is 0. The van der Waals surface area contributed by atoms with Crippen LogP contribution in [0.4, 0.5) is 0 Å². The molecule has 0 aromatic rings. The summed E-state index contributed by atoms with van der Waals surface area (Å²) in [7, 11) is 0. The van der Waals surface area contributed by atoms with Crippen LogP contribution < -0.4 is 0 Å². The SMILES string of the molecule is CC(=CO)CC=CCCO. The van der Waals surface area contributed by atoms with E-state index >= 15 is 0 Å². The van der Waals surface area contributed by atoms with Crippen LogP contribution in [0.25, 0.3) is 0 Å². The molecule has 0 bridgehead atoms. The Bertz CT molecular complexity index is 125. The van der Waals surface area contributed by atoms with Gasteiger partial charge in [-0.2, -0.15) is 0 Å². The molecule has 0 rings (SSSR count). The molecule has 0 fully saturated rings. The van der Waals surface area contributed by atoms with E-state index < -0.39 is 0 Å². The van der Waals surface area contributed by atoms with Crippen LogP contribution in [0.5, 0.6) is 0 Å². The van der Waals surface area contributed by atoms with Crippen molar-refractivity contribution in [1.29, 1.82) is 0 Å². The van der Waals surface area contributed by atoms with Crippen molar-refractivity contribution in [3.8, 4) is 0 Å². The monoisotopic (exact) mass is 142 g/mol. The van der Waals surface area contributed by atoms with Crippen molar-refractivity contribution in [3.05, 3.63) is 24.0 Å². The number of rotatable bonds is 4. The molecule has 0 aliphatic heterocycles. The number of allylic oxidation sites excluding steroid dienone is 2. The Morgan fingerprint density at radius 3 is 2.60 bits per heavy atom. The predicted octanol–water partition coefficient (Wildman–Crippen LogP) is 1.78. The fourth-order valence-corrected chi connectivity index (χ4v) is 0.514. The summed E-state index contributed by atoms with van der Waals surface area (Å²) in [4.78, 5) is 0. The van der Waals surface area contributed by atoms with E-state index in [1.54, 1.807) is 0 Å². The lowest BCUT2D eigenvalue weighted by Crippen LogP contribution is -1.76. The summed E-state index contributed by atoms with van der Waals surface area (Å²) in [6, 6.07) is 0. The third-order valence-corrected chi connectivity index (χ3v) is 1.12. The van der Waals surface area contributed by atoms with Crippen molar-refractivity contribution in [3.63, 3.8) is 0 Å². The second-order valence-electron chi connectivity index (χ2n) is 2.16. The third kappa shape index (κ3) is 5.38. The molecule has 0 aliphatic rings. The molecule has 0 radical (unpaired) electrons. The average molecular weight is 142 g/mol. The van der Waals surface area contributed by atoms with Crippen molar-refractivity contribution < 1.29 is 10.2 Å². The summed E-state index contributed by atoms with van der Waals surface area (Å²) in [6.45, 7) is 2.04. The van der Waals surface area contributed by atoms with Crippen LogP contribution in [0.1, 0.15) is 19.8 Å². The van der Waals surface area contributed by atoms with Crippen molar-refractivity contribution in [2.75, 3.05) is 6.61 Å². The predicted molar refractivity (Wildman–Crippen MR) is 41.8 cm³/mol. The Labute approximate surface area is 61.5 Å². The Morgan fingerprint density at radius 2 is 2.10 bits per heavy atom. The molecule has 0 unspecified atom stereocenters. The lowest BCUT2D eigenvalue weighted by Gasteiger charge is -1.89. The molecule has 2 N–H and O–H groups in total. The first-order valence-corrected chi connectivity index (χ1v) is 3.37. The fraction of sp³-hybridized carbons (Fsp3) is 0.500. The smallest absolute Gasteiger partial charge is 0.0783 e. The van der Waals surface area contributed by atoms with Gasteiger partial charge in [-0.05, 0) is 25.3 Å². The average Bonchev–Trinajstić information content (AvgIpc) is 1.98. The molecule has 2 heteroatoms. The molecular weight excluding hydrogens is 128 g/mol. The van der Waals surface area contributed by atoms with Gasteiger partial charge in [0, 0.05) is 6.61 Å². The first-order chi connectivity index (χ1) is 4.81. The topological polar surface area (TPSA) is 40.5 Å². The van der Waals surface area contributed by atoms with Gasteiger partial charge in [0.05, 0.1) is 6.26 Å². The molecule has 0 aliphatic carbocycles. The number of hydrogen-bond acceptors (Lipinski definition) is 2. The normalized spacial score (nSPS) is 12.8.